The summed E-state index contributed by atoms with van der Waals surface area (Å²) in [5, 5.41) is 2.85. The van der Waals surface area contributed by atoms with Gasteiger partial charge in [-0.1, -0.05) is 91.0 Å². The highest BCUT2D eigenvalue weighted by atomic mass is 16.5. The first kappa shape index (κ1) is 20.6. The molecule has 0 fully saturated rings. The lowest BCUT2D eigenvalue weighted by molar-refractivity contribution is 0.139. The quantitative estimate of drug-likeness (QED) is 0.497. The average molecular weight is 389 g/mol. The number of hydrogen-bond acceptors (Lipinski definition) is 3. The molecular weight excluding hydrogens is 360 g/mol. The normalized spacial score (nSPS) is 10.7. The van der Waals surface area contributed by atoms with E-state index in [0.717, 1.165) is 31.6 Å². The number of carbonyl (C=O) groups is 1. The molecule has 29 heavy (non-hydrogen) atoms. The van der Waals surface area contributed by atoms with Gasteiger partial charge >= 0.3 is 6.09 Å². The highest BCUT2D eigenvalue weighted by Crippen LogP contribution is 2.10. The zero-order valence-electron chi connectivity index (χ0n) is 16.7. The van der Waals surface area contributed by atoms with E-state index >= 15 is 0 Å². The highest BCUT2D eigenvalue weighted by molar-refractivity contribution is 5.67. The summed E-state index contributed by atoms with van der Waals surface area (Å²) >= 11 is 0. The van der Waals surface area contributed by atoms with Crippen LogP contribution in [0.3, 0.4) is 0 Å². The smallest absolute Gasteiger partial charge is 0.407 e. The fourth-order valence-corrected chi connectivity index (χ4v) is 3.16. The number of hydrogen-bond donors (Lipinski definition) is 1. The molecule has 0 aliphatic carbocycles. The van der Waals surface area contributed by atoms with Crippen LogP contribution >= 0.6 is 0 Å². The van der Waals surface area contributed by atoms with Crippen LogP contribution in [0.1, 0.15) is 23.1 Å². The number of ether oxygens (including phenoxy) is 1. The lowest BCUT2D eigenvalue weighted by Gasteiger charge is -2.22. The van der Waals surface area contributed by atoms with Gasteiger partial charge in [-0.2, -0.15) is 0 Å². The molecule has 0 bridgehead atoms. The SMILES string of the molecule is O=C(NCCCN(Cc1ccccc1)Cc1ccccc1)OCc1ccccc1. The van der Waals surface area contributed by atoms with Crippen molar-refractivity contribution < 1.29 is 9.53 Å². The lowest BCUT2D eigenvalue weighted by Crippen LogP contribution is -2.30. The molecule has 0 radical (unpaired) electrons. The maximum absolute atomic E-state index is 11.9. The molecule has 0 aromatic heterocycles. The summed E-state index contributed by atoms with van der Waals surface area (Å²) in [5.41, 5.74) is 3.57. The van der Waals surface area contributed by atoms with Gasteiger partial charge in [0, 0.05) is 26.2 Å². The van der Waals surface area contributed by atoms with Crippen molar-refractivity contribution in [3.63, 3.8) is 0 Å². The molecule has 0 aliphatic rings. The predicted molar refractivity (Wildman–Crippen MR) is 116 cm³/mol. The molecule has 0 saturated carbocycles. The molecule has 0 aliphatic heterocycles. The summed E-state index contributed by atoms with van der Waals surface area (Å²) in [4.78, 5) is 14.3. The minimum absolute atomic E-state index is 0.292. The molecule has 150 valence electrons. The third-order valence-corrected chi connectivity index (χ3v) is 4.63. The van der Waals surface area contributed by atoms with E-state index in [1.807, 2.05) is 42.5 Å². The van der Waals surface area contributed by atoms with Crippen molar-refractivity contribution in [2.45, 2.75) is 26.1 Å². The maximum atomic E-state index is 11.9. The van der Waals surface area contributed by atoms with E-state index in [-0.39, 0.29) is 6.09 Å². The third kappa shape index (κ3) is 7.80. The minimum Gasteiger partial charge on any atom is -0.445 e. The summed E-state index contributed by atoms with van der Waals surface area (Å²) in [6.07, 6.45) is 0.492. The first-order valence-electron chi connectivity index (χ1n) is 10.0. The highest BCUT2D eigenvalue weighted by Gasteiger charge is 2.08. The molecule has 3 aromatic carbocycles. The van der Waals surface area contributed by atoms with Gasteiger partial charge in [0.25, 0.3) is 0 Å². The fourth-order valence-electron chi connectivity index (χ4n) is 3.16. The number of nitrogens with zero attached hydrogens (tertiary/aromatic N) is 1. The topological polar surface area (TPSA) is 41.6 Å². The van der Waals surface area contributed by atoms with Crippen molar-refractivity contribution in [1.82, 2.24) is 10.2 Å². The molecule has 0 unspecified atom stereocenters. The standard InChI is InChI=1S/C25H28N2O2/c28-25(29-21-24-15-8-3-9-16-24)26-17-10-18-27(19-22-11-4-1-5-12-22)20-23-13-6-2-7-14-23/h1-9,11-16H,10,17-21H2,(H,26,28). The molecule has 4 nitrogen and oxygen atoms in total. The van der Waals surface area contributed by atoms with Gasteiger partial charge in [-0.05, 0) is 23.1 Å². The van der Waals surface area contributed by atoms with Crippen LogP contribution in [0.5, 0.6) is 0 Å². The van der Waals surface area contributed by atoms with Gasteiger partial charge in [0.1, 0.15) is 6.61 Å². The number of rotatable bonds is 10. The number of carbonyl (C=O) groups excluding carboxylic acids is 1. The monoisotopic (exact) mass is 388 g/mol. The van der Waals surface area contributed by atoms with Crippen molar-refractivity contribution in [2.75, 3.05) is 13.1 Å². The Labute approximate surface area is 173 Å². The Morgan fingerprint density at radius 2 is 1.21 bits per heavy atom. The van der Waals surface area contributed by atoms with Crippen LogP contribution in [0, 0.1) is 0 Å². The van der Waals surface area contributed by atoms with E-state index in [4.69, 9.17) is 4.74 Å². The molecule has 3 aromatic rings. The van der Waals surface area contributed by atoms with E-state index < -0.39 is 0 Å². The molecule has 1 N–H and O–H groups in total. The summed E-state index contributed by atoms with van der Waals surface area (Å²) in [6, 6.07) is 30.7. The van der Waals surface area contributed by atoms with Crippen LogP contribution in [0.25, 0.3) is 0 Å². The van der Waals surface area contributed by atoms with Gasteiger partial charge in [-0.25, -0.2) is 4.79 Å². The molecule has 4 heteroatoms. The zero-order valence-corrected chi connectivity index (χ0v) is 16.7. The summed E-state index contributed by atoms with van der Waals surface area (Å²) < 4.78 is 5.26. The summed E-state index contributed by atoms with van der Waals surface area (Å²) in [6.45, 7) is 3.54. The van der Waals surface area contributed by atoms with Crippen LogP contribution in [-0.4, -0.2) is 24.1 Å². The molecule has 0 saturated heterocycles. The van der Waals surface area contributed by atoms with Gasteiger partial charge in [0.2, 0.25) is 0 Å². The fraction of sp³-hybridized carbons (Fsp3) is 0.240. The Morgan fingerprint density at radius 3 is 1.72 bits per heavy atom. The van der Waals surface area contributed by atoms with Crippen LogP contribution < -0.4 is 5.32 Å². The Bertz CT molecular complexity index is 797. The van der Waals surface area contributed by atoms with Crippen molar-refractivity contribution in [2.24, 2.45) is 0 Å². The van der Waals surface area contributed by atoms with E-state index in [0.29, 0.717) is 13.2 Å². The van der Waals surface area contributed by atoms with Crippen LogP contribution in [-0.2, 0) is 24.4 Å². The van der Waals surface area contributed by atoms with Gasteiger partial charge in [-0.3, -0.25) is 4.90 Å². The number of alkyl carbamates (subject to hydrolysis) is 1. The largest absolute Gasteiger partial charge is 0.445 e. The second-order valence-corrected chi connectivity index (χ2v) is 7.02. The van der Waals surface area contributed by atoms with Gasteiger partial charge in [-0.15, -0.1) is 0 Å². The zero-order chi connectivity index (χ0) is 20.2. The summed E-state index contributed by atoms with van der Waals surface area (Å²) in [5.74, 6) is 0. The van der Waals surface area contributed by atoms with Gasteiger partial charge < -0.3 is 10.1 Å². The molecule has 0 heterocycles. The molecule has 1 amide bonds. The van der Waals surface area contributed by atoms with E-state index in [9.17, 15) is 4.79 Å². The van der Waals surface area contributed by atoms with Gasteiger partial charge in [0.05, 0.1) is 0 Å². The summed E-state index contributed by atoms with van der Waals surface area (Å²) in [7, 11) is 0. The Kier molecular flexibility index (Phi) is 8.30. The number of benzene rings is 3. The first-order valence-corrected chi connectivity index (χ1v) is 10.0. The number of nitrogens with one attached hydrogen (secondary N) is 1. The minimum atomic E-state index is -0.369. The Morgan fingerprint density at radius 1 is 0.724 bits per heavy atom. The van der Waals surface area contributed by atoms with Crippen LogP contribution in [0.2, 0.25) is 0 Å². The van der Waals surface area contributed by atoms with Crippen molar-refractivity contribution in [3.8, 4) is 0 Å². The third-order valence-electron chi connectivity index (χ3n) is 4.63. The van der Waals surface area contributed by atoms with Crippen molar-refractivity contribution >= 4 is 6.09 Å². The average Bonchev–Trinajstić information content (AvgIpc) is 2.77. The van der Waals surface area contributed by atoms with Crippen molar-refractivity contribution in [1.29, 1.82) is 0 Å². The van der Waals surface area contributed by atoms with Gasteiger partial charge in [0.15, 0.2) is 0 Å². The van der Waals surface area contributed by atoms with E-state index in [2.05, 4.69) is 58.7 Å². The lowest BCUT2D eigenvalue weighted by atomic mass is 10.1. The molecular formula is C25H28N2O2. The van der Waals surface area contributed by atoms with Crippen LogP contribution in [0.4, 0.5) is 4.79 Å². The predicted octanol–water partition coefficient (Wildman–Crippen LogP) is 5.01. The van der Waals surface area contributed by atoms with Crippen LogP contribution in [0.15, 0.2) is 91.0 Å². The van der Waals surface area contributed by atoms with Crippen molar-refractivity contribution in [3.05, 3.63) is 108 Å². The second kappa shape index (κ2) is 11.7. The molecule has 3 rings (SSSR count). The van der Waals surface area contributed by atoms with E-state index in [1.54, 1.807) is 0 Å². The first-order chi connectivity index (χ1) is 14.3. The number of amides is 1. The molecule has 0 atom stereocenters. The van der Waals surface area contributed by atoms with E-state index in [1.165, 1.54) is 11.1 Å². The Balaban J connectivity index is 1.43. The second-order valence-electron chi connectivity index (χ2n) is 7.02. The molecule has 0 spiro atoms. The maximum Gasteiger partial charge on any atom is 0.407 e. The Hall–Kier alpha value is -3.11.